The van der Waals surface area contributed by atoms with Crippen LogP contribution in [0, 0.1) is 6.92 Å². The van der Waals surface area contributed by atoms with E-state index in [0.717, 1.165) is 12.0 Å². The standard InChI is InChI=1S/C22H22ClFN4O3/c1-11-9-13(12(2)25-15-5-6-16(23)26-18(15)20(30)31)17-14(10-11)19(29)28(3)21(27-17)22(24)7-4-8-22/h5-6,9-10,12,25H,4,7-8H2,1-3H3,(H,30,31)/t12-/m1/s1. The van der Waals surface area contributed by atoms with E-state index in [2.05, 4.69) is 15.3 Å². The number of benzene rings is 1. The fraction of sp³-hybridized carbons (Fsp3) is 0.364. The quantitative estimate of drug-likeness (QED) is 0.562. The Balaban J connectivity index is 1.86. The number of carbonyl (C=O) groups is 1. The van der Waals surface area contributed by atoms with Crippen LogP contribution in [-0.2, 0) is 12.7 Å². The van der Waals surface area contributed by atoms with Gasteiger partial charge in [0.05, 0.1) is 22.6 Å². The number of rotatable bonds is 5. The van der Waals surface area contributed by atoms with E-state index < -0.39 is 17.7 Å². The van der Waals surface area contributed by atoms with Gasteiger partial charge in [-0.3, -0.25) is 9.36 Å². The van der Waals surface area contributed by atoms with E-state index in [-0.39, 0.29) is 27.9 Å². The summed E-state index contributed by atoms with van der Waals surface area (Å²) in [4.78, 5) is 33.1. The molecule has 3 aromatic rings. The van der Waals surface area contributed by atoms with Crippen LogP contribution in [0.25, 0.3) is 10.9 Å². The van der Waals surface area contributed by atoms with Crippen molar-refractivity contribution in [3.63, 3.8) is 0 Å². The summed E-state index contributed by atoms with van der Waals surface area (Å²) in [5.41, 5.74) is 0.0866. The topological polar surface area (TPSA) is 97.1 Å². The van der Waals surface area contributed by atoms with Crippen molar-refractivity contribution in [2.75, 3.05) is 5.32 Å². The van der Waals surface area contributed by atoms with Crippen LogP contribution in [0.3, 0.4) is 0 Å². The molecule has 2 N–H and O–H groups in total. The van der Waals surface area contributed by atoms with Crippen molar-refractivity contribution in [3.05, 3.63) is 62.4 Å². The molecule has 4 rings (SSSR count). The highest BCUT2D eigenvalue weighted by molar-refractivity contribution is 6.29. The number of nitrogens with zero attached hydrogens (tertiary/aromatic N) is 3. The zero-order valence-electron chi connectivity index (χ0n) is 17.4. The van der Waals surface area contributed by atoms with Gasteiger partial charge in [-0.25, -0.2) is 19.2 Å². The third-order valence-corrected chi connectivity index (χ3v) is 6.01. The lowest BCUT2D eigenvalue weighted by Gasteiger charge is -2.34. The average Bonchev–Trinajstić information content (AvgIpc) is 2.69. The number of fused-ring (bicyclic) bond motifs is 1. The monoisotopic (exact) mass is 444 g/mol. The molecule has 0 saturated heterocycles. The van der Waals surface area contributed by atoms with Crippen molar-refractivity contribution in [1.29, 1.82) is 0 Å². The number of hydrogen-bond acceptors (Lipinski definition) is 5. The number of aromatic nitrogens is 3. The lowest BCUT2D eigenvalue weighted by Crippen LogP contribution is -2.37. The molecule has 0 radical (unpaired) electrons. The molecule has 7 nitrogen and oxygen atoms in total. The van der Waals surface area contributed by atoms with Gasteiger partial charge >= 0.3 is 5.97 Å². The van der Waals surface area contributed by atoms with Gasteiger partial charge in [-0.05, 0) is 56.9 Å². The maximum atomic E-state index is 15.2. The number of carboxylic acids is 1. The second-order valence-corrected chi connectivity index (χ2v) is 8.46. The van der Waals surface area contributed by atoms with Crippen LogP contribution in [0.5, 0.6) is 0 Å². The lowest BCUT2D eigenvalue weighted by atomic mass is 9.81. The van der Waals surface area contributed by atoms with E-state index in [4.69, 9.17) is 11.6 Å². The highest BCUT2D eigenvalue weighted by atomic mass is 35.5. The largest absolute Gasteiger partial charge is 0.476 e. The Morgan fingerprint density at radius 2 is 2.03 bits per heavy atom. The summed E-state index contributed by atoms with van der Waals surface area (Å²) in [5.74, 6) is -1.09. The van der Waals surface area contributed by atoms with Crippen molar-refractivity contribution in [2.45, 2.75) is 44.8 Å². The molecule has 0 unspecified atom stereocenters. The van der Waals surface area contributed by atoms with Crippen molar-refractivity contribution < 1.29 is 14.3 Å². The molecule has 1 fully saturated rings. The first-order valence-corrected chi connectivity index (χ1v) is 10.4. The molecule has 0 aliphatic heterocycles. The smallest absolute Gasteiger partial charge is 0.356 e. The molecule has 2 aromatic heterocycles. The van der Waals surface area contributed by atoms with Gasteiger partial charge in [-0.1, -0.05) is 17.7 Å². The van der Waals surface area contributed by atoms with Gasteiger partial charge in [0, 0.05) is 12.6 Å². The zero-order valence-corrected chi connectivity index (χ0v) is 18.1. The summed E-state index contributed by atoms with van der Waals surface area (Å²) in [6.45, 7) is 3.68. The van der Waals surface area contributed by atoms with Gasteiger partial charge in [-0.2, -0.15) is 0 Å². The van der Waals surface area contributed by atoms with E-state index in [0.29, 0.717) is 29.3 Å². The zero-order chi connectivity index (χ0) is 22.5. The summed E-state index contributed by atoms with van der Waals surface area (Å²) in [6, 6.07) is 6.20. The molecular formula is C22H22ClFN4O3. The molecule has 1 atom stereocenters. The van der Waals surface area contributed by atoms with Crippen molar-refractivity contribution in [1.82, 2.24) is 14.5 Å². The highest BCUT2D eigenvalue weighted by Crippen LogP contribution is 2.44. The van der Waals surface area contributed by atoms with Gasteiger partial charge in [0.2, 0.25) is 0 Å². The van der Waals surface area contributed by atoms with Gasteiger partial charge in [0.1, 0.15) is 11.0 Å². The molecule has 0 bridgehead atoms. The molecule has 0 amide bonds. The first-order chi connectivity index (χ1) is 14.6. The number of anilines is 1. The number of carboxylic acid groups (broad SMARTS) is 1. The molecule has 1 aromatic carbocycles. The predicted molar refractivity (Wildman–Crippen MR) is 117 cm³/mol. The third kappa shape index (κ3) is 3.65. The maximum absolute atomic E-state index is 15.2. The van der Waals surface area contributed by atoms with Crippen LogP contribution in [0.15, 0.2) is 29.1 Å². The number of nitrogens with one attached hydrogen (secondary N) is 1. The molecular weight excluding hydrogens is 423 g/mol. The number of halogens is 2. The fourth-order valence-corrected chi connectivity index (χ4v) is 4.17. The lowest BCUT2D eigenvalue weighted by molar-refractivity contribution is 0.0465. The van der Waals surface area contributed by atoms with E-state index in [1.54, 1.807) is 13.1 Å². The van der Waals surface area contributed by atoms with E-state index in [1.165, 1.54) is 16.7 Å². The van der Waals surface area contributed by atoms with Gasteiger partial charge < -0.3 is 10.4 Å². The summed E-state index contributed by atoms with van der Waals surface area (Å²) in [5, 5.41) is 13.1. The Morgan fingerprint density at radius 3 is 2.65 bits per heavy atom. The molecule has 1 aliphatic carbocycles. The third-order valence-electron chi connectivity index (χ3n) is 5.80. The summed E-state index contributed by atoms with van der Waals surface area (Å²) in [7, 11) is 1.55. The van der Waals surface area contributed by atoms with Crippen LogP contribution in [0.2, 0.25) is 5.15 Å². The number of hydrogen-bond donors (Lipinski definition) is 2. The SMILES string of the molecule is Cc1cc([C@@H](C)Nc2ccc(Cl)nc2C(=O)O)c2nc(C3(F)CCC3)n(C)c(=O)c2c1. The first kappa shape index (κ1) is 21.2. The highest BCUT2D eigenvalue weighted by Gasteiger charge is 2.42. The second-order valence-electron chi connectivity index (χ2n) is 8.07. The Hall–Kier alpha value is -3.00. The minimum atomic E-state index is -1.60. The Morgan fingerprint density at radius 1 is 1.32 bits per heavy atom. The predicted octanol–water partition coefficient (Wildman–Crippen LogP) is 4.51. The van der Waals surface area contributed by atoms with Crippen molar-refractivity contribution in [3.8, 4) is 0 Å². The van der Waals surface area contributed by atoms with Gasteiger partial charge in [0.15, 0.2) is 11.4 Å². The van der Waals surface area contributed by atoms with E-state index in [1.807, 2.05) is 19.9 Å². The molecule has 31 heavy (non-hydrogen) atoms. The first-order valence-electron chi connectivity index (χ1n) is 9.98. The minimum absolute atomic E-state index is 0.0696. The summed E-state index contributed by atoms with van der Waals surface area (Å²) in [6.07, 6.45) is 1.43. The summed E-state index contributed by atoms with van der Waals surface area (Å²) < 4.78 is 16.5. The second kappa shape index (κ2) is 7.60. The molecule has 1 saturated carbocycles. The van der Waals surface area contributed by atoms with Gasteiger partial charge in [-0.15, -0.1) is 0 Å². The Kier molecular flexibility index (Phi) is 5.21. The average molecular weight is 445 g/mol. The molecule has 162 valence electrons. The number of alkyl halides is 1. The van der Waals surface area contributed by atoms with E-state index in [9.17, 15) is 14.7 Å². The van der Waals surface area contributed by atoms with Crippen LogP contribution in [-0.4, -0.2) is 25.6 Å². The van der Waals surface area contributed by atoms with Crippen LogP contribution in [0.4, 0.5) is 10.1 Å². The summed E-state index contributed by atoms with van der Waals surface area (Å²) >= 11 is 5.84. The van der Waals surface area contributed by atoms with Crippen molar-refractivity contribution in [2.24, 2.45) is 7.05 Å². The fourth-order valence-electron chi connectivity index (χ4n) is 4.02. The van der Waals surface area contributed by atoms with E-state index >= 15 is 4.39 Å². The molecule has 2 heterocycles. The molecule has 0 spiro atoms. The minimum Gasteiger partial charge on any atom is -0.476 e. The maximum Gasteiger partial charge on any atom is 0.356 e. The number of aromatic carboxylic acids is 1. The van der Waals surface area contributed by atoms with Crippen molar-refractivity contribution >= 4 is 34.2 Å². The number of pyridine rings is 1. The van der Waals surface area contributed by atoms with Crippen LogP contribution < -0.4 is 10.9 Å². The number of aryl methyl sites for hydroxylation is 1. The Bertz CT molecular complexity index is 1270. The molecule has 1 aliphatic rings. The molecule has 9 heteroatoms. The van der Waals surface area contributed by atoms with Gasteiger partial charge in [0.25, 0.3) is 5.56 Å². The Labute approximate surface area is 182 Å². The van der Waals surface area contributed by atoms with Crippen LogP contribution >= 0.6 is 11.6 Å². The normalized spacial score (nSPS) is 16.0. The van der Waals surface area contributed by atoms with Crippen LogP contribution in [0.1, 0.15) is 59.7 Å².